The van der Waals surface area contributed by atoms with E-state index in [1.807, 2.05) is 47.9 Å². The number of rotatable bonds is 13. The average molecular weight is 840 g/mol. The van der Waals surface area contributed by atoms with Gasteiger partial charge in [-0.2, -0.15) is 0 Å². The van der Waals surface area contributed by atoms with Crippen molar-refractivity contribution in [3.63, 3.8) is 0 Å². The summed E-state index contributed by atoms with van der Waals surface area (Å²) >= 11 is 0. The number of fused-ring (bicyclic) bond motifs is 2. The monoisotopic (exact) mass is 839 g/mol. The second kappa shape index (κ2) is 17.0. The third-order valence-electron chi connectivity index (χ3n) is 12.0. The lowest BCUT2D eigenvalue weighted by Gasteiger charge is -2.36. The number of aromatic nitrogens is 5. The van der Waals surface area contributed by atoms with Gasteiger partial charge in [-0.15, -0.1) is 0 Å². The van der Waals surface area contributed by atoms with Crippen LogP contribution in [-0.2, 0) is 20.9 Å². The lowest BCUT2D eigenvalue weighted by Crippen LogP contribution is -2.54. The van der Waals surface area contributed by atoms with Gasteiger partial charge in [0.2, 0.25) is 17.7 Å². The van der Waals surface area contributed by atoms with Crippen LogP contribution in [0, 0.1) is 12.8 Å². The Morgan fingerprint density at radius 1 is 0.903 bits per heavy atom. The molecule has 9 rings (SSSR count). The summed E-state index contributed by atoms with van der Waals surface area (Å²) in [6.07, 6.45) is 6.46. The Morgan fingerprint density at radius 3 is 2.52 bits per heavy atom. The summed E-state index contributed by atoms with van der Waals surface area (Å²) in [6.45, 7) is 3.89. The highest BCUT2D eigenvalue weighted by molar-refractivity contribution is 6.25. The van der Waals surface area contributed by atoms with Crippen LogP contribution in [0.1, 0.15) is 87.0 Å². The zero-order valence-corrected chi connectivity index (χ0v) is 34.0. The van der Waals surface area contributed by atoms with Crippen molar-refractivity contribution in [2.24, 2.45) is 5.92 Å². The molecular formula is C44H45N11O7. The minimum Gasteiger partial charge on any atom is -0.493 e. The molecule has 18 nitrogen and oxygen atoms in total. The molecule has 0 bridgehead atoms. The van der Waals surface area contributed by atoms with Gasteiger partial charge >= 0.3 is 0 Å². The molecule has 62 heavy (non-hydrogen) atoms. The number of ether oxygens (including phenoxy) is 1. The zero-order valence-electron chi connectivity index (χ0n) is 34.0. The number of nitrogens with zero attached hydrogens (tertiary/aromatic N) is 7. The van der Waals surface area contributed by atoms with Gasteiger partial charge in [0, 0.05) is 49.5 Å². The largest absolute Gasteiger partial charge is 0.493 e. The van der Waals surface area contributed by atoms with Crippen molar-refractivity contribution in [2.75, 3.05) is 36.9 Å². The molecule has 1 aliphatic carbocycles. The van der Waals surface area contributed by atoms with Gasteiger partial charge in [-0.25, -0.2) is 19.9 Å². The van der Waals surface area contributed by atoms with Crippen molar-refractivity contribution in [1.29, 1.82) is 0 Å². The summed E-state index contributed by atoms with van der Waals surface area (Å²) in [5, 5.41) is 11.7. The predicted molar refractivity (Wildman–Crippen MR) is 224 cm³/mol. The first-order valence-corrected chi connectivity index (χ1v) is 20.8. The number of benzene rings is 2. The number of carbonyl (C=O) groups excluding carboxylic acids is 6. The Kier molecular flexibility index (Phi) is 11.0. The average Bonchev–Trinajstić information content (AvgIpc) is 3.80. The molecular weight excluding hydrogens is 795 g/mol. The van der Waals surface area contributed by atoms with Gasteiger partial charge in [-0.1, -0.05) is 24.3 Å². The van der Waals surface area contributed by atoms with E-state index in [2.05, 4.69) is 41.2 Å². The number of hydrogen-bond donors (Lipinski definition) is 4. The Labute approximate surface area is 355 Å². The molecule has 3 aromatic heterocycles. The fraction of sp³-hybridized carbons (Fsp3) is 0.364. The summed E-state index contributed by atoms with van der Waals surface area (Å²) in [6, 6.07) is 17.2. The number of imidazole rings is 1. The molecule has 3 fully saturated rings. The highest BCUT2D eigenvalue weighted by Crippen LogP contribution is 2.36. The van der Waals surface area contributed by atoms with Crippen LogP contribution < -0.4 is 26.0 Å². The van der Waals surface area contributed by atoms with Gasteiger partial charge in [0.25, 0.3) is 17.7 Å². The second-order valence-electron chi connectivity index (χ2n) is 16.2. The van der Waals surface area contributed by atoms with E-state index in [0.717, 1.165) is 53.2 Å². The molecule has 4 N–H and O–H groups in total. The summed E-state index contributed by atoms with van der Waals surface area (Å²) in [5.41, 5.74) is 4.22. The zero-order chi connectivity index (χ0) is 42.9. The fourth-order valence-corrected chi connectivity index (χ4v) is 8.55. The smallest absolute Gasteiger partial charge is 0.270 e. The van der Waals surface area contributed by atoms with Crippen LogP contribution in [0.5, 0.6) is 5.75 Å². The van der Waals surface area contributed by atoms with E-state index in [4.69, 9.17) is 4.74 Å². The van der Waals surface area contributed by atoms with E-state index in [1.165, 1.54) is 12.4 Å². The number of amides is 6. The maximum Gasteiger partial charge on any atom is 0.270 e. The van der Waals surface area contributed by atoms with E-state index in [-0.39, 0.29) is 60.3 Å². The van der Waals surface area contributed by atoms with Crippen molar-refractivity contribution in [1.82, 2.24) is 44.9 Å². The molecule has 2 saturated heterocycles. The van der Waals surface area contributed by atoms with Gasteiger partial charge in [0.05, 0.1) is 30.6 Å². The first-order chi connectivity index (χ1) is 30.1. The van der Waals surface area contributed by atoms with Gasteiger partial charge in [0.15, 0.2) is 11.5 Å². The number of nitrogens with one attached hydrogen (secondary N) is 4. The van der Waals surface area contributed by atoms with Crippen LogP contribution >= 0.6 is 0 Å². The van der Waals surface area contributed by atoms with Crippen molar-refractivity contribution in [2.45, 2.75) is 70.1 Å². The molecule has 0 unspecified atom stereocenters. The van der Waals surface area contributed by atoms with Gasteiger partial charge in [-0.05, 0) is 86.9 Å². The van der Waals surface area contributed by atoms with E-state index in [1.54, 1.807) is 29.4 Å². The minimum atomic E-state index is -1.07. The molecule has 6 amide bonds. The van der Waals surface area contributed by atoms with Crippen molar-refractivity contribution in [3.8, 4) is 5.75 Å². The molecule has 1 atom stereocenters. The molecule has 0 radical (unpaired) electrons. The topological polar surface area (TPSA) is 223 Å². The maximum atomic E-state index is 13.4. The summed E-state index contributed by atoms with van der Waals surface area (Å²) in [7, 11) is 0. The molecule has 1 saturated carbocycles. The Balaban J connectivity index is 0.724. The maximum absolute atomic E-state index is 13.4. The molecule has 5 aromatic rings. The van der Waals surface area contributed by atoms with Crippen LogP contribution in [0.3, 0.4) is 0 Å². The summed E-state index contributed by atoms with van der Waals surface area (Å²) in [4.78, 5) is 97.3. The molecule has 2 aromatic carbocycles. The number of carbonyl (C=O) groups is 6. The van der Waals surface area contributed by atoms with E-state index in [9.17, 15) is 28.8 Å². The highest BCUT2D eigenvalue weighted by atomic mass is 16.5. The summed E-state index contributed by atoms with van der Waals surface area (Å²) in [5.74, 6) is -1.03. The quantitative estimate of drug-likeness (QED) is 0.125. The molecule has 0 spiro atoms. The number of aryl methyl sites for hydroxylation is 1. The Morgan fingerprint density at radius 2 is 1.71 bits per heavy atom. The number of anilines is 2. The molecule has 4 aliphatic rings. The van der Waals surface area contributed by atoms with Crippen molar-refractivity contribution >= 4 is 58.1 Å². The number of piperidine rings is 2. The molecule has 18 heteroatoms. The second-order valence-corrected chi connectivity index (χ2v) is 16.2. The third-order valence-corrected chi connectivity index (χ3v) is 12.0. The Bertz CT molecular complexity index is 2600. The van der Waals surface area contributed by atoms with Crippen LogP contribution in [-0.4, -0.2) is 108 Å². The minimum absolute atomic E-state index is 0.0312. The first kappa shape index (κ1) is 40.2. The van der Waals surface area contributed by atoms with Crippen LogP contribution in [0.2, 0.25) is 0 Å². The van der Waals surface area contributed by atoms with Crippen LogP contribution in [0.4, 0.5) is 11.5 Å². The highest BCUT2D eigenvalue weighted by Gasteiger charge is 2.45. The number of hydrogen-bond acceptors (Lipinski definition) is 13. The van der Waals surface area contributed by atoms with Crippen LogP contribution in [0.25, 0.3) is 11.2 Å². The van der Waals surface area contributed by atoms with Crippen LogP contribution in [0.15, 0.2) is 73.3 Å². The summed E-state index contributed by atoms with van der Waals surface area (Å²) < 4.78 is 8.27. The van der Waals surface area contributed by atoms with E-state index in [0.29, 0.717) is 49.0 Å². The predicted octanol–water partition coefficient (Wildman–Crippen LogP) is 3.41. The number of pyridine rings is 1. The van der Waals surface area contributed by atoms with Crippen molar-refractivity contribution < 1.29 is 33.5 Å². The third kappa shape index (κ3) is 8.14. The lowest BCUT2D eigenvalue weighted by atomic mass is 9.86. The first-order valence-electron chi connectivity index (χ1n) is 20.8. The normalized spacial score (nSPS) is 20.1. The standard InChI is InChI=1S/C44H45N11O7/c1-25-5-2-10-33(50-25)41(58)51-28-18-29(19-28)54-24-49-38-39(47-23-48-40(38)54)46-20-27-6-3-7-30(17-27)62-22-26-13-15-53(16-14-26)36(57)21-45-32-9-4-8-31-37(32)44(61)55(43(31)60)34-11-12-35(56)52-42(34)59/h2-10,17,23-24,26,28-29,34,45H,11-16,18-22H2,1H3,(H,51,58)(H,46,47,48)(H,52,56,59)/t28?,29?,34-/m0/s1. The molecule has 3 aliphatic heterocycles. The van der Waals surface area contributed by atoms with E-state index >= 15 is 0 Å². The van der Waals surface area contributed by atoms with Gasteiger partial charge in [-0.3, -0.25) is 39.0 Å². The fourth-order valence-electron chi connectivity index (χ4n) is 8.55. The number of likely N-dealkylation sites (tertiary alicyclic amines) is 1. The van der Waals surface area contributed by atoms with Gasteiger partial charge in [0.1, 0.15) is 29.3 Å². The molecule has 318 valence electrons. The van der Waals surface area contributed by atoms with Crippen molar-refractivity contribution in [3.05, 3.63) is 101 Å². The molecule has 6 heterocycles. The SMILES string of the molecule is Cc1cccc(C(=O)NC2CC(n3cnc4c(NCc5cccc(OCC6CCN(C(=O)CNc7cccc8c7C(=O)N([C@H]7CCC(=O)NC7=O)C8=O)CC6)c5)ncnc43)C2)n1. The van der Waals surface area contributed by atoms with E-state index < -0.39 is 29.7 Å². The Hall–Kier alpha value is -7.24. The van der Waals surface area contributed by atoms with Gasteiger partial charge < -0.3 is 30.2 Å². The number of imide groups is 2. The lowest BCUT2D eigenvalue weighted by molar-refractivity contribution is -0.136.